The number of aromatic hydroxyl groups is 1. The largest absolute Gasteiger partial charge is 0.502 e. The van der Waals surface area contributed by atoms with Gasteiger partial charge in [-0.15, -0.1) is 0 Å². The molecule has 0 bridgehead atoms. The number of hydrogen-bond donors (Lipinski definition) is 2. The number of benzene rings is 2. The van der Waals surface area contributed by atoms with Gasteiger partial charge in [0.25, 0.3) is 5.91 Å². The minimum absolute atomic E-state index is 0.213. The molecule has 1 amide bonds. The molecule has 0 spiro atoms. The van der Waals surface area contributed by atoms with Crippen LogP contribution in [-0.4, -0.2) is 28.8 Å². The first-order valence-electron chi connectivity index (χ1n) is 8.42. The third kappa shape index (κ3) is 5.81. The SMILES string of the molecule is CC[C@H](C)c1ccc(OCC(=O)NN=Cc2ccc(O)c([N+](=O)[O-])c2)cc1. The van der Waals surface area contributed by atoms with Crippen molar-refractivity contribution in [2.75, 3.05) is 6.61 Å². The van der Waals surface area contributed by atoms with Gasteiger partial charge >= 0.3 is 5.69 Å². The van der Waals surface area contributed by atoms with Crippen LogP contribution in [0.4, 0.5) is 5.69 Å². The van der Waals surface area contributed by atoms with Gasteiger partial charge in [-0.25, -0.2) is 5.43 Å². The highest BCUT2D eigenvalue weighted by Crippen LogP contribution is 2.25. The molecule has 0 saturated heterocycles. The molecular weight excluding hydrogens is 350 g/mol. The van der Waals surface area contributed by atoms with Crippen LogP contribution < -0.4 is 10.2 Å². The predicted molar refractivity (Wildman–Crippen MR) is 101 cm³/mol. The van der Waals surface area contributed by atoms with Crippen LogP contribution in [-0.2, 0) is 4.79 Å². The zero-order valence-electron chi connectivity index (χ0n) is 15.1. The van der Waals surface area contributed by atoms with E-state index in [0.717, 1.165) is 12.5 Å². The average molecular weight is 371 g/mol. The number of carbonyl (C=O) groups excluding carboxylic acids is 1. The van der Waals surface area contributed by atoms with Gasteiger partial charge in [-0.05, 0) is 42.2 Å². The highest BCUT2D eigenvalue weighted by Gasteiger charge is 2.12. The summed E-state index contributed by atoms with van der Waals surface area (Å²) in [5, 5.41) is 23.9. The van der Waals surface area contributed by atoms with E-state index in [2.05, 4.69) is 24.4 Å². The average Bonchev–Trinajstić information content (AvgIpc) is 2.67. The molecule has 2 rings (SSSR count). The van der Waals surface area contributed by atoms with Gasteiger partial charge in [-0.3, -0.25) is 14.9 Å². The lowest BCUT2D eigenvalue weighted by Gasteiger charge is -2.10. The first kappa shape index (κ1) is 19.9. The summed E-state index contributed by atoms with van der Waals surface area (Å²) in [5.41, 5.74) is 3.41. The molecule has 0 unspecified atom stereocenters. The van der Waals surface area contributed by atoms with Crippen LogP contribution in [0.25, 0.3) is 0 Å². The lowest BCUT2D eigenvalue weighted by atomic mass is 9.99. The number of carbonyl (C=O) groups is 1. The number of nitrogens with zero attached hydrogens (tertiary/aromatic N) is 2. The van der Waals surface area contributed by atoms with Gasteiger partial charge in [0.2, 0.25) is 0 Å². The van der Waals surface area contributed by atoms with Gasteiger partial charge in [-0.1, -0.05) is 26.0 Å². The van der Waals surface area contributed by atoms with E-state index < -0.39 is 22.3 Å². The second-order valence-electron chi connectivity index (χ2n) is 5.97. The number of hydrazone groups is 1. The number of nitro groups is 1. The number of amides is 1. The van der Waals surface area contributed by atoms with Crippen molar-refractivity contribution in [3.8, 4) is 11.5 Å². The van der Waals surface area contributed by atoms with Crippen molar-refractivity contribution in [2.45, 2.75) is 26.2 Å². The van der Waals surface area contributed by atoms with Crippen molar-refractivity contribution in [2.24, 2.45) is 5.10 Å². The summed E-state index contributed by atoms with van der Waals surface area (Å²) in [4.78, 5) is 21.8. The van der Waals surface area contributed by atoms with E-state index in [4.69, 9.17) is 4.74 Å². The molecule has 2 aromatic carbocycles. The zero-order valence-corrected chi connectivity index (χ0v) is 15.1. The fraction of sp³-hybridized carbons (Fsp3) is 0.263. The van der Waals surface area contributed by atoms with E-state index in [1.165, 1.54) is 23.9 Å². The maximum Gasteiger partial charge on any atom is 0.311 e. The van der Waals surface area contributed by atoms with Crippen molar-refractivity contribution in [3.63, 3.8) is 0 Å². The Kier molecular flexibility index (Phi) is 6.87. The normalized spacial score (nSPS) is 11.9. The summed E-state index contributed by atoms with van der Waals surface area (Å²) in [6.07, 6.45) is 2.29. The van der Waals surface area contributed by atoms with E-state index in [-0.39, 0.29) is 6.61 Å². The van der Waals surface area contributed by atoms with Gasteiger partial charge in [0.05, 0.1) is 11.1 Å². The molecule has 0 aliphatic heterocycles. The van der Waals surface area contributed by atoms with Gasteiger partial charge in [0.1, 0.15) is 5.75 Å². The minimum Gasteiger partial charge on any atom is -0.502 e. The second kappa shape index (κ2) is 9.33. The Labute approximate surface area is 156 Å². The van der Waals surface area contributed by atoms with Gasteiger partial charge in [0.15, 0.2) is 12.4 Å². The first-order chi connectivity index (χ1) is 12.9. The van der Waals surface area contributed by atoms with Gasteiger partial charge in [0, 0.05) is 11.6 Å². The molecule has 0 heterocycles. The molecule has 142 valence electrons. The molecule has 27 heavy (non-hydrogen) atoms. The number of nitrogens with one attached hydrogen (secondary N) is 1. The molecule has 8 heteroatoms. The number of hydrogen-bond acceptors (Lipinski definition) is 6. The lowest BCUT2D eigenvalue weighted by Crippen LogP contribution is -2.24. The number of nitro benzene ring substituents is 1. The molecule has 2 aromatic rings. The van der Waals surface area contributed by atoms with Gasteiger partial charge in [-0.2, -0.15) is 5.10 Å². The Morgan fingerprint density at radius 2 is 2.04 bits per heavy atom. The third-order valence-electron chi connectivity index (χ3n) is 4.03. The van der Waals surface area contributed by atoms with Crippen molar-refractivity contribution < 1.29 is 19.6 Å². The Hall–Kier alpha value is -3.42. The number of phenols is 1. The maximum atomic E-state index is 11.8. The number of phenolic OH excluding ortho intramolecular Hbond substituents is 1. The molecule has 1 atom stereocenters. The molecular formula is C19H21N3O5. The summed E-state index contributed by atoms with van der Waals surface area (Å²) in [6.45, 7) is 4.05. The van der Waals surface area contributed by atoms with Crippen molar-refractivity contribution >= 4 is 17.8 Å². The van der Waals surface area contributed by atoms with Crippen molar-refractivity contribution in [1.29, 1.82) is 0 Å². The van der Waals surface area contributed by atoms with E-state index in [9.17, 15) is 20.0 Å². The molecule has 2 N–H and O–H groups in total. The third-order valence-corrected chi connectivity index (χ3v) is 4.03. The smallest absolute Gasteiger partial charge is 0.311 e. The molecule has 0 aliphatic rings. The summed E-state index contributed by atoms with van der Waals surface area (Å²) < 4.78 is 5.40. The molecule has 0 radical (unpaired) electrons. The number of rotatable bonds is 8. The van der Waals surface area contributed by atoms with Crippen LogP contribution in [0.3, 0.4) is 0 Å². The van der Waals surface area contributed by atoms with Crippen molar-refractivity contribution in [3.05, 3.63) is 63.7 Å². The monoisotopic (exact) mass is 371 g/mol. The first-order valence-corrected chi connectivity index (χ1v) is 8.42. The van der Waals surface area contributed by atoms with E-state index in [1.807, 2.05) is 24.3 Å². The van der Waals surface area contributed by atoms with Crippen molar-refractivity contribution in [1.82, 2.24) is 5.43 Å². The molecule has 0 saturated carbocycles. The maximum absolute atomic E-state index is 11.8. The highest BCUT2D eigenvalue weighted by atomic mass is 16.6. The second-order valence-corrected chi connectivity index (χ2v) is 5.97. The Morgan fingerprint density at radius 3 is 2.67 bits per heavy atom. The van der Waals surface area contributed by atoms with Crippen LogP contribution in [0, 0.1) is 10.1 Å². The predicted octanol–water partition coefficient (Wildman–Crippen LogP) is 3.34. The Morgan fingerprint density at radius 1 is 1.33 bits per heavy atom. The van der Waals surface area contributed by atoms with Crippen LogP contribution in [0.2, 0.25) is 0 Å². The zero-order chi connectivity index (χ0) is 19.8. The number of ether oxygens (including phenoxy) is 1. The van der Waals surface area contributed by atoms with E-state index in [1.54, 1.807) is 0 Å². The van der Waals surface area contributed by atoms with Crippen LogP contribution >= 0.6 is 0 Å². The Balaban J connectivity index is 1.85. The fourth-order valence-electron chi connectivity index (χ4n) is 2.26. The van der Waals surface area contributed by atoms with E-state index in [0.29, 0.717) is 17.2 Å². The highest BCUT2D eigenvalue weighted by molar-refractivity contribution is 5.84. The van der Waals surface area contributed by atoms with Crippen LogP contribution in [0.1, 0.15) is 37.3 Å². The van der Waals surface area contributed by atoms with E-state index >= 15 is 0 Å². The Bertz CT molecular complexity index is 834. The summed E-state index contributed by atoms with van der Waals surface area (Å²) >= 11 is 0. The summed E-state index contributed by atoms with van der Waals surface area (Å²) in [7, 11) is 0. The molecule has 0 aliphatic carbocycles. The molecule has 8 nitrogen and oxygen atoms in total. The standard InChI is InChI=1S/C19H21N3O5/c1-3-13(2)15-5-7-16(8-6-15)27-12-19(24)21-20-11-14-4-9-18(23)17(10-14)22(25)26/h4-11,13,23H,3,12H2,1-2H3,(H,21,24)/t13-/m0/s1. The topological polar surface area (TPSA) is 114 Å². The van der Waals surface area contributed by atoms with Crippen LogP contribution in [0.15, 0.2) is 47.6 Å². The molecule has 0 fully saturated rings. The quantitative estimate of drug-likeness (QED) is 0.420. The molecule has 0 aromatic heterocycles. The minimum atomic E-state index is -0.703. The van der Waals surface area contributed by atoms with Gasteiger partial charge < -0.3 is 9.84 Å². The summed E-state index contributed by atoms with van der Waals surface area (Å²) in [5.74, 6) is 0.141. The summed E-state index contributed by atoms with van der Waals surface area (Å²) in [6, 6.07) is 11.3. The fourth-order valence-corrected chi connectivity index (χ4v) is 2.26. The lowest BCUT2D eigenvalue weighted by molar-refractivity contribution is -0.385. The van der Waals surface area contributed by atoms with Crippen LogP contribution in [0.5, 0.6) is 11.5 Å².